The number of carboxylic acid groups (broad SMARTS) is 1. The zero-order valence-corrected chi connectivity index (χ0v) is 16.1. The summed E-state index contributed by atoms with van der Waals surface area (Å²) in [5.74, 6) is -1.79. The van der Waals surface area contributed by atoms with Gasteiger partial charge in [-0.2, -0.15) is 0 Å². The number of rotatable bonds is 11. The van der Waals surface area contributed by atoms with E-state index in [1.807, 2.05) is 0 Å². The van der Waals surface area contributed by atoms with Gasteiger partial charge in [0.25, 0.3) is 0 Å². The maximum absolute atomic E-state index is 13.2. The molecule has 0 aliphatic carbocycles. The Hall–Kier alpha value is -2.32. The molecule has 2 N–H and O–H groups in total. The Kier molecular flexibility index (Phi) is 8.07. The Morgan fingerprint density at radius 3 is 2.00 bits per heavy atom. The number of sulfonamides is 1. The Balaban J connectivity index is 2.06. The van der Waals surface area contributed by atoms with Crippen LogP contribution in [0.25, 0.3) is 0 Å². The van der Waals surface area contributed by atoms with E-state index < -0.39 is 33.7 Å². The van der Waals surface area contributed by atoms with Crippen LogP contribution in [0.1, 0.15) is 50.1 Å². The largest absolute Gasteiger partial charge is 0.481 e. The van der Waals surface area contributed by atoms with E-state index in [4.69, 9.17) is 5.11 Å². The molecule has 0 aliphatic rings. The fraction of sp³-hybridized carbons (Fsp3) is 0.350. The minimum Gasteiger partial charge on any atom is -0.481 e. The number of aliphatic carboxylic acids is 1. The second kappa shape index (κ2) is 10.3. The van der Waals surface area contributed by atoms with E-state index in [1.54, 1.807) is 0 Å². The molecular weight excluding hydrogens is 388 g/mol. The molecule has 0 bridgehead atoms. The van der Waals surface area contributed by atoms with Gasteiger partial charge >= 0.3 is 5.97 Å². The third-order valence-electron chi connectivity index (χ3n) is 4.33. The van der Waals surface area contributed by atoms with Gasteiger partial charge in [0.15, 0.2) is 0 Å². The van der Waals surface area contributed by atoms with Crippen LogP contribution in [-0.2, 0) is 14.8 Å². The Bertz CT molecular complexity index is 868. The molecule has 0 aromatic heterocycles. The first-order chi connectivity index (χ1) is 13.3. The van der Waals surface area contributed by atoms with E-state index >= 15 is 0 Å². The molecule has 1 atom stereocenters. The second-order valence-electron chi connectivity index (χ2n) is 6.53. The summed E-state index contributed by atoms with van der Waals surface area (Å²) in [5, 5.41) is 8.65. The van der Waals surface area contributed by atoms with Crippen molar-refractivity contribution in [1.29, 1.82) is 0 Å². The van der Waals surface area contributed by atoms with Crippen molar-refractivity contribution < 1.29 is 27.1 Å². The first-order valence-corrected chi connectivity index (χ1v) is 10.5. The van der Waals surface area contributed by atoms with E-state index in [9.17, 15) is 22.0 Å². The molecule has 0 spiro atoms. The summed E-state index contributed by atoms with van der Waals surface area (Å²) in [6, 6.07) is 9.53. The molecular formula is C20H23F2NO4S. The number of halogens is 2. The van der Waals surface area contributed by atoms with E-state index in [-0.39, 0.29) is 11.3 Å². The molecule has 28 heavy (non-hydrogen) atoms. The minimum absolute atomic E-state index is 0.0533. The highest BCUT2D eigenvalue weighted by atomic mass is 32.2. The predicted octanol–water partition coefficient (Wildman–Crippen LogP) is 4.41. The average molecular weight is 411 g/mol. The summed E-state index contributed by atoms with van der Waals surface area (Å²) in [4.78, 5) is 10.5. The van der Waals surface area contributed by atoms with Crippen LogP contribution >= 0.6 is 0 Å². The highest BCUT2D eigenvalue weighted by Crippen LogP contribution is 2.24. The average Bonchev–Trinajstić information content (AvgIpc) is 2.64. The maximum Gasteiger partial charge on any atom is 0.303 e. The summed E-state index contributed by atoms with van der Waals surface area (Å²) in [7, 11) is -3.88. The van der Waals surface area contributed by atoms with Gasteiger partial charge in [-0.05, 0) is 54.8 Å². The molecule has 0 amide bonds. The number of carbonyl (C=O) groups is 1. The van der Waals surface area contributed by atoms with Gasteiger partial charge in [-0.3, -0.25) is 4.79 Å². The normalized spacial score (nSPS) is 12.6. The summed E-state index contributed by atoms with van der Waals surface area (Å²) >= 11 is 0. The molecule has 0 saturated heterocycles. The molecule has 0 aliphatic heterocycles. The van der Waals surface area contributed by atoms with Crippen LogP contribution in [0.4, 0.5) is 8.78 Å². The molecule has 8 heteroatoms. The van der Waals surface area contributed by atoms with Crippen molar-refractivity contribution in [1.82, 2.24) is 4.72 Å². The van der Waals surface area contributed by atoms with Crippen molar-refractivity contribution in [2.45, 2.75) is 49.5 Å². The van der Waals surface area contributed by atoms with Crippen LogP contribution in [-0.4, -0.2) is 19.5 Å². The van der Waals surface area contributed by atoms with E-state index in [0.29, 0.717) is 24.8 Å². The fourth-order valence-corrected chi connectivity index (χ4v) is 4.10. The molecule has 0 radical (unpaired) electrons. The van der Waals surface area contributed by atoms with Crippen LogP contribution in [0.15, 0.2) is 53.4 Å². The van der Waals surface area contributed by atoms with Gasteiger partial charge in [0.2, 0.25) is 10.0 Å². The molecule has 2 aromatic carbocycles. The summed E-state index contributed by atoms with van der Waals surface area (Å²) in [5.41, 5.74) is 0.623. The summed E-state index contributed by atoms with van der Waals surface area (Å²) in [6.07, 6.45) is 3.31. The summed E-state index contributed by atoms with van der Waals surface area (Å²) < 4.78 is 54.2. The third-order valence-corrected chi connectivity index (χ3v) is 5.81. The van der Waals surface area contributed by atoms with Gasteiger partial charge in [-0.25, -0.2) is 21.9 Å². The molecule has 152 valence electrons. The SMILES string of the molecule is O=C(O)CCCCCCC(NS(=O)(=O)c1ccc(F)cc1)c1ccc(F)cc1. The van der Waals surface area contributed by atoms with Crippen LogP contribution in [0.5, 0.6) is 0 Å². The van der Waals surface area contributed by atoms with E-state index in [0.717, 1.165) is 25.0 Å². The van der Waals surface area contributed by atoms with Crippen LogP contribution in [0.3, 0.4) is 0 Å². The lowest BCUT2D eigenvalue weighted by molar-refractivity contribution is -0.137. The first kappa shape index (κ1) is 22.0. The van der Waals surface area contributed by atoms with E-state index in [1.165, 1.54) is 36.4 Å². The van der Waals surface area contributed by atoms with Gasteiger partial charge in [-0.15, -0.1) is 0 Å². The quantitative estimate of drug-likeness (QED) is 0.537. The van der Waals surface area contributed by atoms with Crippen molar-refractivity contribution in [2.24, 2.45) is 0 Å². The van der Waals surface area contributed by atoms with Crippen molar-refractivity contribution in [3.05, 3.63) is 65.7 Å². The molecule has 0 fully saturated rings. The van der Waals surface area contributed by atoms with Crippen molar-refractivity contribution >= 4 is 16.0 Å². The van der Waals surface area contributed by atoms with Gasteiger partial charge in [0.1, 0.15) is 11.6 Å². The van der Waals surface area contributed by atoms with Gasteiger partial charge in [0, 0.05) is 12.5 Å². The lowest BCUT2D eigenvalue weighted by atomic mass is 10.0. The lowest BCUT2D eigenvalue weighted by Crippen LogP contribution is -2.28. The number of hydrogen-bond donors (Lipinski definition) is 2. The van der Waals surface area contributed by atoms with Crippen LogP contribution in [0.2, 0.25) is 0 Å². The number of nitrogens with one attached hydrogen (secondary N) is 1. The van der Waals surface area contributed by atoms with Gasteiger partial charge in [-0.1, -0.05) is 31.4 Å². The van der Waals surface area contributed by atoms with Crippen molar-refractivity contribution in [3.63, 3.8) is 0 Å². The zero-order chi connectivity index (χ0) is 20.6. The standard InChI is InChI=1S/C20H23F2NO4S/c21-16-9-7-15(8-10-16)19(5-3-1-2-4-6-20(24)25)23-28(26,27)18-13-11-17(22)12-14-18/h7-14,19,23H,1-6H2,(H,24,25). The van der Waals surface area contributed by atoms with Crippen molar-refractivity contribution in [3.8, 4) is 0 Å². The second-order valence-corrected chi connectivity index (χ2v) is 8.24. The van der Waals surface area contributed by atoms with Crippen LogP contribution < -0.4 is 4.72 Å². The fourth-order valence-electron chi connectivity index (χ4n) is 2.84. The Labute approximate surface area is 163 Å². The monoisotopic (exact) mass is 411 g/mol. The molecule has 0 heterocycles. The molecule has 0 saturated carbocycles. The smallest absolute Gasteiger partial charge is 0.303 e. The number of benzene rings is 2. The van der Waals surface area contributed by atoms with Gasteiger partial charge < -0.3 is 5.11 Å². The number of unbranched alkanes of at least 4 members (excludes halogenated alkanes) is 3. The minimum atomic E-state index is -3.88. The molecule has 2 aromatic rings. The maximum atomic E-state index is 13.2. The van der Waals surface area contributed by atoms with Crippen molar-refractivity contribution in [2.75, 3.05) is 0 Å². The highest BCUT2D eigenvalue weighted by Gasteiger charge is 2.21. The zero-order valence-electron chi connectivity index (χ0n) is 15.3. The molecule has 5 nitrogen and oxygen atoms in total. The lowest BCUT2D eigenvalue weighted by Gasteiger charge is -2.19. The first-order valence-electron chi connectivity index (χ1n) is 9.03. The topological polar surface area (TPSA) is 83.5 Å². The molecule has 2 rings (SSSR count). The molecule has 1 unspecified atom stereocenters. The Morgan fingerprint density at radius 2 is 1.43 bits per heavy atom. The summed E-state index contributed by atoms with van der Waals surface area (Å²) in [6.45, 7) is 0. The number of hydrogen-bond acceptors (Lipinski definition) is 3. The predicted molar refractivity (Wildman–Crippen MR) is 101 cm³/mol. The number of carboxylic acids is 1. The third kappa shape index (κ3) is 7.01. The highest BCUT2D eigenvalue weighted by molar-refractivity contribution is 7.89. The van der Waals surface area contributed by atoms with E-state index in [2.05, 4.69) is 4.72 Å². The Morgan fingerprint density at radius 1 is 0.893 bits per heavy atom. The van der Waals surface area contributed by atoms with Gasteiger partial charge in [0.05, 0.1) is 4.90 Å². The van der Waals surface area contributed by atoms with Crippen LogP contribution in [0, 0.1) is 11.6 Å².